The maximum Gasteiger partial charge on any atom is 0.144 e. The molecule has 5 heteroatoms. The van der Waals surface area contributed by atoms with Crippen LogP contribution in [0.25, 0.3) is 5.69 Å². The largest absolute Gasteiger partial charge is 0.397 e. The molecule has 80 valence electrons. The van der Waals surface area contributed by atoms with Crippen molar-refractivity contribution in [2.75, 3.05) is 5.73 Å². The van der Waals surface area contributed by atoms with Crippen molar-refractivity contribution in [1.82, 2.24) is 4.57 Å². The Kier molecular flexibility index (Phi) is 2.55. The van der Waals surface area contributed by atoms with Crippen LogP contribution in [0.5, 0.6) is 0 Å². The molecule has 1 aromatic carbocycles. The highest BCUT2D eigenvalue weighted by molar-refractivity contribution is 6.31. The molecule has 0 bridgehead atoms. The Hall–Kier alpha value is -1.99. The zero-order valence-electron chi connectivity index (χ0n) is 8.11. The van der Waals surface area contributed by atoms with Crippen LogP contribution in [0.3, 0.4) is 0 Å². The Morgan fingerprint density at radius 3 is 2.88 bits per heavy atom. The van der Waals surface area contributed by atoms with Gasteiger partial charge in [-0.15, -0.1) is 0 Å². The Morgan fingerprint density at radius 1 is 1.44 bits per heavy atom. The molecule has 0 fully saturated rings. The van der Waals surface area contributed by atoms with Gasteiger partial charge in [-0.2, -0.15) is 5.26 Å². The van der Waals surface area contributed by atoms with Crippen molar-refractivity contribution in [3.8, 4) is 11.8 Å². The van der Waals surface area contributed by atoms with Gasteiger partial charge in [-0.3, -0.25) is 0 Å². The van der Waals surface area contributed by atoms with Crippen LogP contribution in [0.2, 0.25) is 5.02 Å². The molecule has 2 N–H and O–H groups in total. The summed E-state index contributed by atoms with van der Waals surface area (Å²) in [5, 5.41) is 8.82. The minimum Gasteiger partial charge on any atom is -0.397 e. The number of nitrogen functional groups attached to an aromatic ring is 1. The zero-order valence-corrected chi connectivity index (χ0v) is 8.87. The molecule has 0 aliphatic rings. The maximum atomic E-state index is 13.3. The van der Waals surface area contributed by atoms with E-state index >= 15 is 0 Å². The molecule has 0 spiro atoms. The van der Waals surface area contributed by atoms with Crippen molar-refractivity contribution < 1.29 is 4.39 Å². The second-order valence-corrected chi connectivity index (χ2v) is 3.61. The van der Waals surface area contributed by atoms with E-state index in [1.54, 1.807) is 18.3 Å². The highest BCUT2D eigenvalue weighted by Crippen LogP contribution is 2.26. The molecule has 0 radical (unpaired) electrons. The highest BCUT2D eigenvalue weighted by Gasteiger charge is 2.10. The molecule has 0 aliphatic heterocycles. The Labute approximate surface area is 96.5 Å². The third-order valence-corrected chi connectivity index (χ3v) is 2.48. The van der Waals surface area contributed by atoms with Gasteiger partial charge in [0.1, 0.15) is 17.6 Å². The molecular weight excluding hydrogens is 229 g/mol. The average Bonchev–Trinajstić information content (AvgIpc) is 2.71. The quantitative estimate of drug-likeness (QED) is 0.773. The van der Waals surface area contributed by atoms with Crippen LogP contribution in [0.15, 0.2) is 30.5 Å². The number of halogens is 2. The van der Waals surface area contributed by atoms with Crippen molar-refractivity contribution in [3.63, 3.8) is 0 Å². The van der Waals surface area contributed by atoms with Gasteiger partial charge in [-0.25, -0.2) is 4.39 Å². The third kappa shape index (κ3) is 1.62. The van der Waals surface area contributed by atoms with Crippen LogP contribution in [0, 0.1) is 17.1 Å². The molecule has 3 nitrogen and oxygen atoms in total. The number of anilines is 1. The predicted octanol–water partition coefficient (Wildman–Crippen LogP) is 2.72. The van der Waals surface area contributed by atoms with Gasteiger partial charge in [-0.05, 0) is 18.2 Å². The summed E-state index contributed by atoms with van der Waals surface area (Å²) in [6, 6.07) is 7.82. The van der Waals surface area contributed by atoms with Gasteiger partial charge in [0.15, 0.2) is 0 Å². The molecule has 0 unspecified atom stereocenters. The lowest BCUT2D eigenvalue weighted by atomic mass is 10.2. The summed E-state index contributed by atoms with van der Waals surface area (Å²) in [5.74, 6) is -0.566. The zero-order chi connectivity index (χ0) is 11.7. The van der Waals surface area contributed by atoms with Crippen LogP contribution >= 0.6 is 11.6 Å². The topological polar surface area (TPSA) is 54.7 Å². The van der Waals surface area contributed by atoms with Gasteiger partial charge in [0.2, 0.25) is 0 Å². The fourth-order valence-corrected chi connectivity index (χ4v) is 1.61. The molecule has 0 atom stereocenters. The van der Waals surface area contributed by atoms with Crippen LogP contribution in [0.1, 0.15) is 5.69 Å². The first kappa shape index (κ1) is 10.5. The van der Waals surface area contributed by atoms with Gasteiger partial charge < -0.3 is 10.3 Å². The van der Waals surface area contributed by atoms with Crippen molar-refractivity contribution in [3.05, 3.63) is 47.0 Å². The summed E-state index contributed by atoms with van der Waals surface area (Å²) in [6.07, 6.45) is 1.64. The molecule has 0 saturated carbocycles. The molecule has 2 rings (SSSR count). The number of nitrogens with zero attached hydrogens (tertiary/aromatic N) is 2. The number of hydrogen-bond acceptors (Lipinski definition) is 2. The minimum absolute atomic E-state index is 0.0353. The summed E-state index contributed by atoms with van der Waals surface area (Å²) in [4.78, 5) is 0. The molecule has 2 aromatic rings. The smallest absolute Gasteiger partial charge is 0.144 e. The fraction of sp³-hybridized carbons (Fsp3) is 0. The van der Waals surface area contributed by atoms with Crippen LogP contribution in [0.4, 0.5) is 10.1 Å². The first-order valence-electron chi connectivity index (χ1n) is 4.46. The minimum atomic E-state index is -0.566. The van der Waals surface area contributed by atoms with Crippen molar-refractivity contribution in [2.45, 2.75) is 0 Å². The van der Waals surface area contributed by atoms with Gasteiger partial charge >= 0.3 is 0 Å². The molecule has 0 amide bonds. The molecule has 16 heavy (non-hydrogen) atoms. The molecular formula is C11H7ClFN3. The lowest BCUT2D eigenvalue weighted by Gasteiger charge is -2.09. The fourth-order valence-electron chi connectivity index (χ4n) is 1.44. The number of rotatable bonds is 1. The molecule has 1 heterocycles. The van der Waals surface area contributed by atoms with E-state index in [4.69, 9.17) is 22.6 Å². The lowest BCUT2D eigenvalue weighted by molar-refractivity contribution is 0.627. The van der Waals surface area contributed by atoms with Crippen molar-refractivity contribution in [2.24, 2.45) is 0 Å². The number of nitrogens with two attached hydrogens (primary N) is 1. The Bertz CT molecular complexity index is 583. The summed E-state index contributed by atoms with van der Waals surface area (Å²) >= 11 is 5.59. The number of nitriles is 1. The van der Waals surface area contributed by atoms with Crippen LogP contribution < -0.4 is 5.73 Å². The van der Waals surface area contributed by atoms with E-state index in [-0.39, 0.29) is 5.02 Å². The summed E-state index contributed by atoms with van der Waals surface area (Å²) in [7, 11) is 0. The van der Waals surface area contributed by atoms with Crippen LogP contribution in [-0.2, 0) is 0 Å². The Morgan fingerprint density at radius 2 is 2.19 bits per heavy atom. The summed E-state index contributed by atoms with van der Waals surface area (Å²) in [5.41, 5.74) is 6.83. The first-order chi connectivity index (χ1) is 7.63. The van der Waals surface area contributed by atoms with E-state index in [9.17, 15) is 4.39 Å². The van der Waals surface area contributed by atoms with Gasteiger partial charge in [0.05, 0.1) is 16.4 Å². The number of benzene rings is 1. The van der Waals surface area contributed by atoms with Crippen LogP contribution in [-0.4, -0.2) is 4.57 Å². The number of hydrogen-bond donors (Lipinski definition) is 1. The highest BCUT2D eigenvalue weighted by atomic mass is 35.5. The second-order valence-electron chi connectivity index (χ2n) is 3.20. The summed E-state index contributed by atoms with van der Waals surface area (Å²) < 4.78 is 14.8. The third-order valence-electron chi connectivity index (χ3n) is 2.19. The second kappa shape index (κ2) is 3.87. The van der Waals surface area contributed by atoms with E-state index in [0.29, 0.717) is 17.1 Å². The monoisotopic (exact) mass is 235 g/mol. The normalized spacial score (nSPS) is 10.1. The number of aromatic nitrogens is 1. The van der Waals surface area contributed by atoms with Gasteiger partial charge in [0, 0.05) is 12.3 Å². The van der Waals surface area contributed by atoms with E-state index < -0.39 is 5.82 Å². The SMILES string of the molecule is N#Cc1cccn1-c1cc(F)c(Cl)cc1N. The molecule has 1 aromatic heterocycles. The maximum absolute atomic E-state index is 13.3. The van der Waals surface area contributed by atoms with E-state index in [0.717, 1.165) is 0 Å². The van der Waals surface area contributed by atoms with E-state index in [1.165, 1.54) is 16.7 Å². The Balaban J connectivity index is 2.66. The van der Waals surface area contributed by atoms with E-state index in [1.807, 2.05) is 6.07 Å². The lowest BCUT2D eigenvalue weighted by Crippen LogP contribution is -2.01. The van der Waals surface area contributed by atoms with E-state index in [2.05, 4.69) is 0 Å². The van der Waals surface area contributed by atoms with Gasteiger partial charge in [0.25, 0.3) is 0 Å². The standard InChI is InChI=1S/C11H7ClFN3/c12-8-4-10(15)11(5-9(8)13)16-3-1-2-7(16)6-14/h1-5H,15H2. The first-order valence-corrected chi connectivity index (χ1v) is 4.83. The van der Waals surface area contributed by atoms with Crippen molar-refractivity contribution >= 4 is 17.3 Å². The molecule has 0 aliphatic carbocycles. The average molecular weight is 236 g/mol. The van der Waals surface area contributed by atoms with Crippen molar-refractivity contribution in [1.29, 1.82) is 5.26 Å². The summed E-state index contributed by atoms with van der Waals surface area (Å²) in [6.45, 7) is 0. The predicted molar refractivity (Wildman–Crippen MR) is 59.9 cm³/mol. The van der Waals surface area contributed by atoms with Gasteiger partial charge in [-0.1, -0.05) is 11.6 Å². The molecule has 0 saturated heterocycles.